The fraction of sp³-hybridized carbons (Fsp3) is 0.364. The molecule has 1 aliphatic rings. The van der Waals surface area contributed by atoms with Crippen molar-refractivity contribution in [2.75, 3.05) is 11.6 Å². The Morgan fingerprint density at radius 2 is 2.12 bits per heavy atom. The zero-order valence-electron chi connectivity index (χ0n) is 9.26. The summed E-state index contributed by atoms with van der Waals surface area (Å²) in [5.74, 6) is 1.67. The number of halogens is 1. The molecule has 1 heterocycles. The molecule has 1 aromatic carbocycles. The minimum Gasteiger partial charge on any atom is -0.199 e. The minimum absolute atomic E-state index is 0.307. The van der Waals surface area contributed by atoms with Crippen molar-refractivity contribution in [2.24, 2.45) is 10.3 Å². The number of nitrogens with zero attached hydrogens (tertiary/aromatic N) is 1. The van der Waals surface area contributed by atoms with Crippen molar-refractivity contribution < 1.29 is 8.42 Å². The quantitative estimate of drug-likeness (QED) is 0.804. The molecule has 2 rings (SSSR count). The molecule has 17 heavy (non-hydrogen) atoms. The molecule has 6 heteroatoms. The third kappa shape index (κ3) is 2.67. The lowest BCUT2D eigenvalue weighted by atomic mass is 10.2. The number of hydrogen-bond donors (Lipinski definition) is 0. The van der Waals surface area contributed by atoms with Crippen LogP contribution in [-0.4, -0.2) is 25.1 Å². The summed E-state index contributed by atoms with van der Waals surface area (Å²) < 4.78 is 27.3. The first-order valence-corrected chi connectivity index (χ1v) is 8.14. The molecular formula is C11H12ClNO2S2. The average molecular weight is 290 g/mol. The predicted molar refractivity (Wildman–Crippen MR) is 72.5 cm³/mol. The summed E-state index contributed by atoms with van der Waals surface area (Å²) in [7, 11) is -3.48. The third-order valence-corrected chi connectivity index (χ3v) is 5.66. The Morgan fingerprint density at radius 3 is 2.82 bits per heavy atom. The van der Waals surface area contributed by atoms with Crippen LogP contribution in [0.25, 0.3) is 0 Å². The normalized spacial score (nSPS) is 18.6. The maximum atomic E-state index is 11.8. The van der Waals surface area contributed by atoms with Crippen LogP contribution >= 0.6 is 23.4 Å². The van der Waals surface area contributed by atoms with Gasteiger partial charge in [-0.2, -0.15) is 12.8 Å². The molecule has 0 amide bonds. The van der Waals surface area contributed by atoms with Gasteiger partial charge < -0.3 is 0 Å². The van der Waals surface area contributed by atoms with Crippen LogP contribution in [0.15, 0.2) is 33.6 Å². The molecule has 0 N–H and O–H groups in total. The molecule has 92 valence electrons. The van der Waals surface area contributed by atoms with E-state index < -0.39 is 10.0 Å². The zero-order valence-corrected chi connectivity index (χ0v) is 11.6. The van der Waals surface area contributed by atoms with Gasteiger partial charge in [-0.1, -0.05) is 25.1 Å². The van der Waals surface area contributed by atoms with E-state index in [4.69, 9.17) is 11.6 Å². The molecule has 1 atom stereocenters. The van der Waals surface area contributed by atoms with Gasteiger partial charge in [0, 0.05) is 17.2 Å². The maximum absolute atomic E-state index is 11.8. The van der Waals surface area contributed by atoms with Gasteiger partial charge in [-0.25, -0.2) is 0 Å². The smallest absolute Gasteiger partial charge is 0.199 e. The topological polar surface area (TPSA) is 46.5 Å². The molecule has 1 aromatic rings. The van der Waals surface area contributed by atoms with Crippen molar-refractivity contribution >= 4 is 38.4 Å². The van der Waals surface area contributed by atoms with Gasteiger partial charge in [-0.05, 0) is 12.0 Å². The zero-order chi connectivity index (χ0) is 12.5. The highest BCUT2D eigenvalue weighted by Gasteiger charge is 2.28. The van der Waals surface area contributed by atoms with Gasteiger partial charge in [0.2, 0.25) is 0 Å². The summed E-state index contributed by atoms with van der Waals surface area (Å²) in [4.78, 5) is 0.307. The highest BCUT2D eigenvalue weighted by molar-refractivity contribution is 8.15. The van der Waals surface area contributed by atoms with Crippen LogP contribution in [0.4, 0.5) is 0 Å². The first-order chi connectivity index (χ1) is 8.04. The van der Waals surface area contributed by atoms with Crippen molar-refractivity contribution in [1.29, 1.82) is 0 Å². The van der Waals surface area contributed by atoms with E-state index >= 15 is 0 Å². The van der Waals surface area contributed by atoms with Crippen LogP contribution in [0, 0.1) is 5.92 Å². The van der Waals surface area contributed by atoms with Gasteiger partial charge in [0.05, 0.1) is 4.90 Å². The molecule has 0 saturated carbocycles. The highest BCUT2D eigenvalue weighted by Crippen LogP contribution is 2.31. The molecule has 0 saturated heterocycles. The Balaban J connectivity index is 2.26. The van der Waals surface area contributed by atoms with Crippen LogP contribution in [-0.2, 0) is 10.0 Å². The molecule has 0 aromatic heterocycles. The van der Waals surface area contributed by atoms with Gasteiger partial charge in [0.25, 0.3) is 10.0 Å². The molecular weight excluding hydrogens is 278 g/mol. The van der Waals surface area contributed by atoms with Crippen molar-refractivity contribution in [3.8, 4) is 0 Å². The summed E-state index contributed by atoms with van der Waals surface area (Å²) in [6.07, 6.45) is 0. The minimum atomic E-state index is -3.48. The Labute approximate surface area is 110 Å². The summed E-state index contributed by atoms with van der Waals surface area (Å²) in [6, 6.07) is 6.91. The van der Waals surface area contributed by atoms with Crippen molar-refractivity contribution in [1.82, 2.24) is 0 Å². The fourth-order valence-electron chi connectivity index (χ4n) is 1.45. The van der Waals surface area contributed by atoms with E-state index in [0.29, 0.717) is 27.3 Å². The molecule has 0 fully saturated rings. The second-order valence-electron chi connectivity index (χ2n) is 3.94. The van der Waals surface area contributed by atoms with E-state index in [1.54, 1.807) is 18.2 Å². The molecule has 0 aliphatic carbocycles. The number of thioether (sulfide) groups is 1. The molecule has 0 bridgehead atoms. The number of sulfonamides is 1. The van der Waals surface area contributed by atoms with Crippen molar-refractivity contribution in [2.45, 2.75) is 11.8 Å². The van der Waals surface area contributed by atoms with Crippen molar-refractivity contribution in [3.05, 3.63) is 29.8 Å². The van der Waals surface area contributed by atoms with Crippen LogP contribution in [0.2, 0.25) is 0 Å². The average Bonchev–Trinajstić information content (AvgIpc) is 2.59. The fourth-order valence-corrected chi connectivity index (χ4v) is 4.26. The number of benzene rings is 1. The number of hydrogen-bond acceptors (Lipinski definition) is 3. The monoisotopic (exact) mass is 289 g/mol. The third-order valence-electron chi connectivity index (χ3n) is 2.37. The Kier molecular flexibility index (Phi) is 3.80. The Morgan fingerprint density at radius 1 is 1.41 bits per heavy atom. The summed E-state index contributed by atoms with van der Waals surface area (Å²) in [5.41, 5.74) is 0.708. The first kappa shape index (κ1) is 12.9. The van der Waals surface area contributed by atoms with Crippen molar-refractivity contribution in [3.63, 3.8) is 0 Å². The van der Waals surface area contributed by atoms with E-state index in [1.165, 1.54) is 11.8 Å². The van der Waals surface area contributed by atoms with E-state index in [-0.39, 0.29) is 0 Å². The Hall–Kier alpha value is -0.520. The lowest BCUT2D eigenvalue weighted by molar-refractivity contribution is 0.599. The van der Waals surface area contributed by atoms with E-state index in [2.05, 4.69) is 4.40 Å². The molecule has 1 aliphatic heterocycles. The van der Waals surface area contributed by atoms with Crippen LogP contribution < -0.4 is 0 Å². The Bertz CT molecular complexity index is 554. The lowest BCUT2D eigenvalue weighted by Crippen LogP contribution is -2.03. The van der Waals surface area contributed by atoms with Gasteiger partial charge >= 0.3 is 0 Å². The summed E-state index contributed by atoms with van der Waals surface area (Å²) in [6.45, 7) is 2.02. The lowest BCUT2D eigenvalue weighted by Gasteiger charge is -2.06. The van der Waals surface area contributed by atoms with Crippen LogP contribution in [0.5, 0.6) is 0 Å². The predicted octanol–water partition coefficient (Wildman–Crippen LogP) is 2.74. The number of rotatable bonds is 3. The summed E-state index contributed by atoms with van der Waals surface area (Å²) >= 11 is 7.17. The second-order valence-corrected chi connectivity index (χ2v) is 6.83. The van der Waals surface area contributed by atoms with E-state index in [0.717, 1.165) is 5.75 Å². The SMILES string of the molecule is CC(CCl)CSC1=NS(=O)(=O)c2ccccc21. The van der Waals surface area contributed by atoms with Crippen LogP contribution in [0.1, 0.15) is 12.5 Å². The first-order valence-electron chi connectivity index (χ1n) is 5.17. The number of alkyl halides is 1. The van der Waals surface area contributed by atoms with E-state index in [9.17, 15) is 8.42 Å². The molecule has 0 radical (unpaired) electrons. The second kappa shape index (κ2) is 5.00. The maximum Gasteiger partial charge on any atom is 0.284 e. The molecule has 0 spiro atoms. The van der Waals surface area contributed by atoms with E-state index in [1.807, 2.05) is 13.0 Å². The summed E-state index contributed by atoms with van der Waals surface area (Å²) in [5, 5.41) is 0.581. The van der Waals surface area contributed by atoms with Gasteiger partial charge in [-0.15, -0.1) is 23.4 Å². The standard InChI is InChI=1S/C11H12ClNO2S2/c1-8(6-12)7-16-11-9-4-2-3-5-10(9)17(14,15)13-11/h2-5,8H,6-7H2,1H3. The molecule has 1 unspecified atom stereocenters. The largest absolute Gasteiger partial charge is 0.284 e. The van der Waals surface area contributed by atoms with Crippen LogP contribution in [0.3, 0.4) is 0 Å². The van der Waals surface area contributed by atoms with Gasteiger partial charge in [0.15, 0.2) is 0 Å². The van der Waals surface area contributed by atoms with Gasteiger partial charge in [0.1, 0.15) is 5.04 Å². The highest BCUT2D eigenvalue weighted by atomic mass is 35.5. The molecule has 3 nitrogen and oxygen atoms in total. The van der Waals surface area contributed by atoms with Gasteiger partial charge in [-0.3, -0.25) is 0 Å². The number of fused-ring (bicyclic) bond motifs is 1.